The minimum atomic E-state index is -0.0531. The molecule has 0 fully saturated rings. The molecular weight excluding hydrogens is 571 g/mol. The Morgan fingerprint density at radius 1 is 0.660 bits per heavy atom. The van der Waals surface area contributed by atoms with Crippen molar-refractivity contribution >= 4 is 57.4 Å². The second kappa shape index (κ2) is 9.92. The molecule has 3 heterocycles. The molecule has 238 valence electrons. The van der Waals surface area contributed by atoms with Crippen LogP contribution in [0.15, 0.2) is 83.3 Å². The average molecular weight is 619 g/mol. The van der Waals surface area contributed by atoms with Crippen LogP contribution in [0.4, 0.5) is 34.1 Å². The molecule has 3 nitrogen and oxygen atoms in total. The minimum absolute atomic E-state index is 0.00989. The number of nitrogens with zero attached hydrogens (tertiary/aromatic N) is 2. The summed E-state index contributed by atoms with van der Waals surface area (Å²) < 4.78 is 7.44. The molecule has 0 bridgehead atoms. The maximum atomic E-state index is 7.44. The Hall–Kier alpha value is -4.18. The Balaban J connectivity index is 1.56. The van der Waals surface area contributed by atoms with Crippen LogP contribution in [0, 0.1) is 20.8 Å². The van der Waals surface area contributed by atoms with Gasteiger partial charge in [0.25, 0.3) is 6.71 Å². The van der Waals surface area contributed by atoms with Crippen molar-refractivity contribution in [2.45, 2.75) is 98.3 Å². The fourth-order valence-electron chi connectivity index (χ4n) is 8.52. The number of aryl methyl sites for hydroxylation is 3. The summed E-state index contributed by atoms with van der Waals surface area (Å²) >= 11 is 0. The van der Waals surface area contributed by atoms with Gasteiger partial charge in [-0.05, 0) is 108 Å². The molecule has 4 heteroatoms. The molecule has 0 spiro atoms. The molecule has 4 aromatic carbocycles. The van der Waals surface area contributed by atoms with Crippen LogP contribution in [-0.4, -0.2) is 6.71 Å². The van der Waals surface area contributed by atoms with Crippen LogP contribution in [0.1, 0.15) is 94.9 Å². The summed E-state index contributed by atoms with van der Waals surface area (Å²) in [6.07, 6.45) is 2.24. The zero-order chi connectivity index (χ0) is 33.2. The Morgan fingerprint density at radius 2 is 1.23 bits per heavy atom. The first-order valence-corrected chi connectivity index (χ1v) is 17.4. The molecule has 0 atom stereocenters. The van der Waals surface area contributed by atoms with Crippen molar-refractivity contribution < 1.29 is 4.42 Å². The van der Waals surface area contributed by atoms with E-state index < -0.39 is 0 Å². The third kappa shape index (κ3) is 4.33. The van der Waals surface area contributed by atoms with Gasteiger partial charge >= 0.3 is 0 Å². The molecule has 0 saturated carbocycles. The van der Waals surface area contributed by atoms with Gasteiger partial charge in [0.05, 0.1) is 11.3 Å². The molecule has 0 N–H and O–H groups in total. The number of hydrogen-bond donors (Lipinski definition) is 0. The van der Waals surface area contributed by atoms with Gasteiger partial charge < -0.3 is 14.2 Å². The molecule has 0 unspecified atom stereocenters. The van der Waals surface area contributed by atoms with E-state index in [1.807, 2.05) is 0 Å². The molecule has 1 aliphatic carbocycles. The molecule has 0 saturated heterocycles. The van der Waals surface area contributed by atoms with Crippen LogP contribution in [0.2, 0.25) is 0 Å². The Morgan fingerprint density at radius 3 is 1.85 bits per heavy atom. The maximum absolute atomic E-state index is 7.44. The fraction of sp³-hybridized carbons (Fsp3) is 0.349. The Labute approximate surface area is 281 Å². The summed E-state index contributed by atoms with van der Waals surface area (Å²) in [5.74, 6) is 1.17. The van der Waals surface area contributed by atoms with E-state index in [9.17, 15) is 0 Å². The number of anilines is 6. The lowest BCUT2D eigenvalue weighted by Crippen LogP contribution is -2.61. The van der Waals surface area contributed by atoms with Gasteiger partial charge in [-0.25, -0.2) is 0 Å². The summed E-state index contributed by atoms with van der Waals surface area (Å²) in [7, 11) is 0. The van der Waals surface area contributed by atoms with Crippen molar-refractivity contribution in [2.24, 2.45) is 0 Å². The van der Waals surface area contributed by atoms with Crippen LogP contribution in [0.25, 0.3) is 0 Å². The summed E-state index contributed by atoms with van der Waals surface area (Å²) in [6, 6.07) is 29.7. The van der Waals surface area contributed by atoms with Crippen LogP contribution < -0.4 is 26.4 Å². The van der Waals surface area contributed by atoms with E-state index in [4.69, 9.17) is 4.42 Å². The van der Waals surface area contributed by atoms with Gasteiger partial charge in [0.2, 0.25) is 0 Å². The molecule has 0 amide bonds. The number of fused-ring (bicyclic) bond motifs is 6. The maximum Gasteiger partial charge on any atom is 0.297 e. The predicted molar refractivity (Wildman–Crippen MR) is 201 cm³/mol. The summed E-state index contributed by atoms with van der Waals surface area (Å²) in [4.78, 5) is 5.10. The first-order chi connectivity index (χ1) is 22.2. The van der Waals surface area contributed by atoms with Crippen LogP contribution in [-0.2, 0) is 16.2 Å². The number of para-hydroxylation sites is 2. The van der Waals surface area contributed by atoms with Crippen molar-refractivity contribution in [3.8, 4) is 0 Å². The summed E-state index contributed by atoms with van der Waals surface area (Å²) in [5, 5.41) is 0. The molecular formula is C43H47BN2O. The van der Waals surface area contributed by atoms with Gasteiger partial charge in [-0.1, -0.05) is 97.0 Å². The quantitative estimate of drug-likeness (QED) is 0.180. The highest BCUT2D eigenvalue weighted by Gasteiger charge is 2.52. The fourth-order valence-corrected chi connectivity index (χ4v) is 8.52. The third-order valence-electron chi connectivity index (χ3n) is 11.3. The van der Waals surface area contributed by atoms with Gasteiger partial charge in [-0.2, -0.15) is 0 Å². The van der Waals surface area contributed by atoms with Crippen molar-refractivity contribution in [1.29, 1.82) is 0 Å². The number of benzene rings is 4. The molecule has 0 radical (unpaired) electrons. The highest BCUT2D eigenvalue weighted by atomic mass is 16.3. The molecule has 1 aromatic heterocycles. The van der Waals surface area contributed by atoms with Crippen molar-refractivity contribution in [1.82, 2.24) is 0 Å². The van der Waals surface area contributed by atoms with Crippen molar-refractivity contribution in [3.05, 3.63) is 112 Å². The van der Waals surface area contributed by atoms with E-state index in [1.54, 1.807) is 0 Å². The lowest BCUT2D eigenvalue weighted by molar-refractivity contribution is 0.282. The van der Waals surface area contributed by atoms with Crippen molar-refractivity contribution in [2.75, 3.05) is 9.80 Å². The monoisotopic (exact) mass is 618 g/mol. The summed E-state index contributed by atoms with van der Waals surface area (Å²) in [5.41, 5.74) is 17.6. The van der Waals surface area contributed by atoms with Gasteiger partial charge in [0, 0.05) is 39.4 Å². The molecule has 47 heavy (non-hydrogen) atoms. The molecule has 2 aliphatic heterocycles. The first kappa shape index (κ1) is 30.2. The van der Waals surface area contributed by atoms with Crippen LogP contribution >= 0.6 is 0 Å². The van der Waals surface area contributed by atoms with E-state index in [1.165, 1.54) is 78.6 Å². The number of rotatable bonds is 2. The van der Waals surface area contributed by atoms with E-state index >= 15 is 0 Å². The normalized spacial score (nSPS) is 17.2. The van der Waals surface area contributed by atoms with Crippen LogP contribution in [0.3, 0.4) is 0 Å². The second-order valence-corrected chi connectivity index (χ2v) is 16.7. The van der Waals surface area contributed by atoms with Crippen molar-refractivity contribution in [3.63, 3.8) is 0 Å². The molecule has 3 aliphatic rings. The summed E-state index contributed by atoms with van der Waals surface area (Å²) in [6.45, 7) is 23.3. The highest BCUT2D eigenvalue weighted by molar-refractivity contribution is 6.99. The van der Waals surface area contributed by atoms with Gasteiger partial charge in [-0.3, -0.25) is 0 Å². The van der Waals surface area contributed by atoms with E-state index in [2.05, 4.69) is 158 Å². The standard InChI is InChI=1S/C43H47BN2O/c1-26-23-34-37-35(24-26)46(32-18-14-12-16-28(32)3)38-36-39(43(9,10)22-21-42(36,7)8)47-40(38)44(37)30-25-29(41(4,5)6)19-20-33(30)45(34)31-17-13-11-15-27(31)2/h11-20,23-25H,21-22H2,1-10H3. The second-order valence-electron chi connectivity index (χ2n) is 16.7. The van der Waals surface area contributed by atoms with Gasteiger partial charge in [0.15, 0.2) is 0 Å². The molecule has 8 rings (SSSR count). The SMILES string of the molecule is Cc1cc2c3c(c1)N(c1ccccc1C)c1c(oc4c1C(C)(C)CCC4(C)C)B3c1cc(C(C)(C)C)ccc1N2c1ccccc1C. The smallest absolute Gasteiger partial charge is 0.297 e. The lowest BCUT2D eigenvalue weighted by atomic mass is 9.35. The topological polar surface area (TPSA) is 19.6 Å². The van der Waals surface area contributed by atoms with Gasteiger partial charge in [0.1, 0.15) is 5.76 Å². The van der Waals surface area contributed by atoms with E-state index in [-0.39, 0.29) is 23.0 Å². The lowest BCUT2D eigenvalue weighted by Gasteiger charge is -2.45. The molecule has 5 aromatic rings. The predicted octanol–water partition coefficient (Wildman–Crippen LogP) is 9.93. The Kier molecular flexibility index (Phi) is 6.37. The zero-order valence-corrected chi connectivity index (χ0v) is 29.8. The van der Waals surface area contributed by atoms with E-state index in [0.717, 1.165) is 18.5 Å². The number of furan rings is 1. The largest absolute Gasteiger partial charge is 0.472 e. The van der Waals surface area contributed by atoms with Gasteiger partial charge in [-0.15, -0.1) is 0 Å². The zero-order valence-electron chi connectivity index (χ0n) is 29.8. The number of hydrogen-bond acceptors (Lipinski definition) is 3. The van der Waals surface area contributed by atoms with Crippen LogP contribution in [0.5, 0.6) is 0 Å². The highest BCUT2D eigenvalue weighted by Crippen LogP contribution is 2.55. The first-order valence-electron chi connectivity index (χ1n) is 17.4. The van der Waals surface area contributed by atoms with E-state index in [0.29, 0.717) is 0 Å². The Bertz CT molecular complexity index is 2090. The average Bonchev–Trinajstić information content (AvgIpc) is 3.43. The minimum Gasteiger partial charge on any atom is -0.472 e. The third-order valence-corrected chi connectivity index (χ3v) is 11.3.